The summed E-state index contributed by atoms with van der Waals surface area (Å²) in [4.78, 5) is 22.2. The number of urea groups is 1. The van der Waals surface area contributed by atoms with Crippen molar-refractivity contribution in [3.63, 3.8) is 0 Å². The Morgan fingerprint density at radius 1 is 1.47 bits per heavy atom. The van der Waals surface area contributed by atoms with Gasteiger partial charge in [-0.25, -0.2) is 4.79 Å². The maximum atomic E-state index is 11.6. The molecule has 0 bridgehead atoms. The van der Waals surface area contributed by atoms with Crippen molar-refractivity contribution >= 4 is 17.6 Å². The zero-order valence-electron chi connectivity index (χ0n) is 10.7. The molecule has 19 heavy (non-hydrogen) atoms. The van der Waals surface area contributed by atoms with Gasteiger partial charge in [-0.2, -0.15) is 0 Å². The third kappa shape index (κ3) is 3.15. The Labute approximate surface area is 111 Å². The first-order valence-corrected chi connectivity index (χ1v) is 6.20. The molecular weight excluding hydrogens is 246 g/mol. The van der Waals surface area contributed by atoms with Crippen molar-refractivity contribution in [3.05, 3.63) is 23.8 Å². The van der Waals surface area contributed by atoms with Crippen LogP contribution in [0, 0.1) is 0 Å². The molecule has 1 aromatic rings. The van der Waals surface area contributed by atoms with Gasteiger partial charge in [-0.05, 0) is 31.9 Å². The Kier molecular flexibility index (Phi) is 3.89. The van der Waals surface area contributed by atoms with Crippen molar-refractivity contribution in [1.82, 2.24) is 5.32 Å². The summed E-state index contributed by atoms with van der Waals surface area (Å²) in [6, 6.07) is 4.79. The fraction of sp³-hybridized carbons (Fsp3) is 0.385. The standard InChI is InChI=1S/C13H17N3O3/c1-8(12(17)16-13(14)18)19-11-6-2-5-10-9(11)4-3-7-15-10/h2,5-6,8,15H,3-4,7H2,1H3,(H3,14,16,17,18). The average molecular weight is 263 g/mol. The summed E-state index contributed by atoms with van der Waals surface area (Å²) in [5.74, 6) is 0.116. The number of rotatable bonds is 3. The molecular formula is C13H17N3O3. The van der Waals surface area contributed by atoms with Gasteiger partial charge >= 0.3 is 6.03 Å². The predicted molar refractivity (Wildman–Crippen MR) is 71.1 cm³/mol. The lowest BCUT2D eigenvalue weighted by Crippen LogP contribution is -2.42. The molecule has 0 radical (unpaired) electrons. The van der Waals surface area contributed by atoms with E-state index in [1.165, 1.54) is 0 Å². The molecule has 0 fully saturated rings. The van der Waals surface area contributed by atoms with Crippen molar-refractivity contribution in [1.29, 1.82) is 0 Å². The molecule has 102 valence electrons. The Morgan fingerprint density at radius 3 is 3.00 bits per heavy atom. The van der Waals surface area contributed by atoms with E-state index in [1.807, 2.05) is 23.5 Å². The van der Waals surface area contributed by atoms with Gasteiger partial charge in [0.05, 0.1) is 0 Å². The lowest BCUT2D eigenvalue weighted by atomic mass is 10.0. The van der Waals surface area contributed by atoms with Crippen LogP contribution in [0.5, 0.6) is 5.75 Å². The first-order chi connectivity index (χ1) is 9.08. The highest BCUT2D eigenvalue weighted by molar-refractivity contribution is 5.95. The van der Waals surface area contributed by atoms with Crippen molar-refractivity contribution in [2.45, 2.75) is 25.9 Å². The molecule has 4 N–H and O–H groups in total. The van der Waals surface area contributed by atoms with Gasteiger partial charge in [0.1, 0.15) is 5.75 Å². The summed E-state index contributed by atoms with van der Waals surface area (Å²) in [7, 11) is 0. The van der Waals surface area contributed by atoms with Crippen LogP contribution < -0.4 is 21.1 Å². The number of carbonyl (C=O) groups excluding carboxylic acids is 2. The third-order valence-corrected chi connectivity index (χ3v) is 2.97. The van der Waals surface area contributed by atoms with Gasteiger partial charge < -0.3 is 15.8 Å². The maximum absolute atomic E-state index is 11.6. The highest BCUT2D eigenvalue weighted by Gasteiger charge is 2.19. The Hall–Kier alpha value is -2.24. The first-order valence-electron chi connectivity index (χ1n) is 6.20. The summed E-state index contributed by atoms with van der Waals surface area (Å²) in [5, 5.41) is 5.29. The zero-order valence-corrected chi connectivity index (χ0v) is 10.7. The van der Waals surface area contributed by atoms with Crippen LogP contribution in [0.2, 0.25) is 0 Å². The second-order valence-corrected chi connectivity index (χ2v) is 4.43. The third-order valence-electron chi connectivity index (χ3n) is 2.97. The lowest BCUT2D eigenvalue weighted by molar-refractivity contribution is -0.126. The number of carbonyl (C=O) groups is 2. The van der Waals surface area contributed by atoms with Crippen LogP contribution in [0.1, 0.15) is 18.9 Å². The summed E-state index contributed by atoms with van der Waals surface area (Å²) in [6.07, 6.45) is 1.15. The molecule has 1 heterocycles. The highest BCUT2D eigenvalue weighted by atomic mass is 16.5. The fourth-order valence-electron chi connectivity index (χ4n) is 2.05. The SMILES string of the molecule is CC(Oc1cccc2c1CCCN2)C(=O)NC(N)=O. The molecule has 1 aliphatic heterocycles. The Bertz CT molecular complexity index is 502. The Morgan fingerprint density at radius 2 is 2.26 bits per heavy atom. The van der Waals surface area contributed by atoms with E-state index >= 15 is 0 Å². The molecule has 6 heteroatoms. The number of primary amides is 1. The number of benzene rings is 1. The summed E-state index contributed by atoms with van der Waals surface area (Å²) in [6.45, 7) is 2.52. The van der Waals surface area contributed by atoms with Gasteiger partial charge in [0.15, 0.2) is 6.10 Å². The molecule has 0 aliphatic carbocycles. The molecule has 0 saturated carbocycles. The van der Waals surface area contributed by atoms with Crippen LogP contribution in [0.25, 0.3) is 0 Å². The van der Waals surface area contributed by atoms with E-state index in [0.29, 0.717) is 5.75 Å². The van der Waals surface area contributed by atoms with E-state index < -0.39 is 18.0 Å². The summed E-state index contributed by atoms with van der Waals surface area (Å²) in [5.41, 5.74) is 7.00. The van der Waals surface area contributed by atoms with E-state index in [9.17, 15) is 9.59 Å². The lowest BCUT2D eigenvalue weighted by Gasteiger charge is -2.22. The second-order valence-electron chi connectivity index (χ2n) is 4.43. The predicted octanol–water partition coefficient (Wildman–Crippen LogP) is 1.01. The van der Waals surface area contributed by atoms with Crippen LogP contribution >= 0.6 is 0 Å². The molecule has 6 nitrogen and oxygen atoms in total. The van der Waals surface area contributed by atoms with Crippen LogP contribution in [0.3, 0.4) is 0 Å². The Balaban J connectivity index is 2.10. The van der Waals surface area contributed by atoms with E-state index in [4.69, 9.17) is 10.5 Å². The molecule has 3 amide bonds. The topological polar surface area (TPSA) is 93.4 Å². The smallest absolute Gasteiger partial charge is 0.318 e. The molecule has 0 spiro atoms. The van der Waals surface area contributed by atoms with Crippen LogP contribution in [0.15, 0.2) is 18.2 Å². The number of anilines is 1. The van der Waals surface area contributed by atoms with Gasteiger partial charge in [-0.3, -0.25) is 10.1 Å². The number of hydrogen-bond donors (Lipinski definition) is 3. The maximum Gasteiger partial charge on any atom is 0.318 e. The quantitative estimate of drug-likeness (QED) is 0.758. The molecule has 1 unspecified atom stereocenters. The van der Waals surface area contributed by atoms with E-state index in [0.717, 1.165) is 30.6 Å². The van der Waals surface area contributed by atoms with Gasteiger partial charge in [-0.1, -0.05) is 6.07 Å². The molecule has 1 aliphatic rings. The van der Waals surface area contributed by atoms with Gasteiger partial charge in [0.2, 0.25) is 0 Å². The van der Waals surface area contributed by atoms with Crippen LogP contribution in [-0.4, -0.2) is 24.6 Å². The minimum absolute atomic E-state index is 0.547. The average Bonchev–Trinajstić information content (AvgIpc) is 2.38. The van der Waals surface area contributed by atoms with E-state index in [-0.39, 0.29) is 0 Å². The van der Waals surface area contributed by atoms with Crippen molar-refractivity contribution in [3.8, 4) is 5.75 Å². The van der Waals surface area contributed by atoms with Crippen LogP contribution in [-0.2, 0) is 11.2 Å². The summed E-state index contributed by atoms with van der Waals surface area (Å²) >= 11 is 0. The number of nitrogens with two attached hydrogens (primary N) is 1. The number of ether oxygens (including phenoxy) is 1. The largest absolute Gasteiger partial charge is 0.481 e. The van der Waals surface area contributed by atoms with Crippen LogP contribution in [0.4, 0.5) is 10.5 Å². The van der Waals surface area contributed by atoms with Gasteiger partial charge in [-0.15, -0.1) is 0 Å². The normalized spacial score (nSPS) is 14.8. The fourth-order valence-corrected chi connectivity index (χ4v) is 2.05. The van der Waals surface area contributed by atoms with E-state index in [2.05, 4.69) is 5.32 Å². The number of amides is 3. The minimum Gasteiger partial charge on any atom is -0.481 e. The molecule has 1 atom stereocenters. The number of nitrogens with one attached hydrogen (secondary N) is 2. The molecule has 0 aromatic heterocycles. The second kappa shape index (κ2) is 5.60. The summed E-state index contributed by atoms with van der Waals surface area (Å²) < 4.78 is 5.62. The zero-order chi connectivity index (χ0) is 13.8. The van der Waals surface area contributed by atoms with Crippen molar-refractivity contribution in [2.75, 3.05) is 11.9 Å². The molecule has 2 rings (SSSR count). The monoisotopic (exact) mass is 263 g/mol. The van der Waals surface area contributed by atoms with Gasteiger partial charge in [0.25, 0.3) is 5.91 Å². The number of hydrogen-bond acceptors (Lipinski definition) is 4. The van der Waals surface area contributed by atoms with Crippen molar-refractivity contribution in [2.24, 2.45) is 5.73 Å². The minimum atomic E-state index is -0.878. The number of fused-ring (bicyclic) bond motifs is 1. The highest BCUT2D eigenvalue weighted by Crippen LogP contribution is 2.31. The molecule has 1 aromatic carbocycles. The molecule has 0 saturated heterocycles. The van der Waals surface area contributed by atoms with Crippen molar-refractivity contribution < 1.29 is 14.3 Å². The first kappa shape index (κ1) is 13.2. The van der Waals surface area contributed by atoms with Gasteiger partial charge in [0, 0.05) is 17.8 Å². The number of imide groups is 1. The van der Waals surface area contributed by atoms with E-state index in [1.54, 1.807) is 6.92 Å².